The Hall–Kier alpha value is -3.88. The van der Waals surface area contributed by atoms with Crippen molar-refractivity contribution in [2.24, 2.45) is 16.9 Å². The number of nitrogens with zero attached hydrogens (tertiary/aromatic N) is 4. The Bertz CT molecular complexity index is 1180. The van der Waals surface area contributed by atoms with E-state index in [1.165, 1.54) is 29.2 Å². The third-order valence-electron chi connectivity index (χ3n) is 6.31. The van der Waals surface area contributed by atoms with Crippen LogP contribution in [0, 0.1) is 22.0 Å². The Balaban J connectivity index is 1.64. The van der Waals surface area contributed by atoms with Crippen LogP contribution in [0.4, 0.5) is 5.69 Å². The van der Waals surface area contributed by atoms with Gasteiger partial charge in [0.15, 0.2) is 5.78 Å². The van der Waals surface area contributed by atoms with Crippen molar-refractivity contribution in [3.63, 3.8) is 0 Å². The molecule has 0 unspecified atom stereocenters. The van der Waals surface area contributed by atoms with Crippen molar-refractivity contribution in [3.8, 4) is 0 Å². The number of benzene rings is 2. The van der Waals surface area contributed by atoms with E-state index in [4.69, 9.17) is 0 Å². The fourth-order valence-corrected chi connectivity index (χ4v) is 4.99. The summed E-state index contributed by atoms with van der Waals surface area (Å²) in [5, 5.41) is 17.2. The average Bonchev–Trinajstić information content (AvgIpc) is 3.25. The maximum Gasteiger partial charge on any atom is 0.270 e. The molecule has 0 bridgehead atoms. The first-order valence-electron chi connectivity index (χ1n) is 9.99. The lowest BCUT2D eigenvalue weighted by Gasteiger charge is -2.33. The van der Waals surface area contributed by atoms with Crippen LogP contribution >= 0.6 is 0 Å². The Labute approximate surface area is 177 Å². The summed E-state index contributed by atoms with van der Waals surface area (Å²) in [6.45, 7) is 1.94. The smallest absolute Gasteiger partial charge is 0.270 e. The van der Waals surface area contributed by atoms with Gasteiger partial charge in [0.25, 0.3) is 5.69 Å². The maximum absolute atomic E-state index is 13.6. The molecule has 5 rings (SSSR count). The predicted octanol–water partition coefficient (Wildman–Crippen LogP) is 2.17. The van der Waals surface area contributed by atoms with Gasteiger partial charge in [-0.15, -0.1) is 0 Å². The first kappa shape index (κ1) is 19.1. The summed E-state index contributed by atoms with van der Waals surface area (Å²) < 4.78 is 0. The Kier molecular flexibility index (Phi) is 4.21. The molecule has 2 amide bonds. The number of fused-ring (bicyclic) bond motifs is 5. The van der Waals surface area contributed by atoms with E-state index < -0.39 is 40.5 Å². The molecule has 0 aliphatic carbocycles. The van der Waals surface area contributed by atoms with Gasteiger partial charge in [-0.2, -0.15) is 5.10 Å². The minimum absolute atomic E-state index is 0.114. The number of nitro benzene ring substituents is 1. The molecule has 2 fully saturated rings. The fourth-order valence-electron chi connectivity index (χ4n) is 4.99. The molecule has 4 atom stereocenters. The first-order chi connectivity index (χ1) is 14.9. The largest absolute Gasteiger partial charge is 0.292 e. The lowest BCUT2D eigenvalue weighted by atomic mass is 9.83. The summed E-state index contributed by atoms with van der Waals surface area (Å²) in [7, 11) is 0. The summed E-state index contributed by atoms with van der Waals surface area (Å²) in [6.07, 6.45) is 1.62. The third kappa shape index (κ3) is 2.62. The summed E-state index contributed by atoms with van der Waals surface area (Å²) in [4.78, 5) is 51.7. The molecule has 0 saturated carbocycles. The summed E-state index contributed by atoms with van der Waals surface area (Å²) in [6, 6.07) is 11.3. The zero-order chi connectivity index (χ0) is 21.9. The fraction of sp³-hybridized carbons (Fsp3) is 0.273. The molecule has 0 aromatic heterocycles. The molecule has 9 nitrogen and oxygen atoms in total. The van der Waals surface area contributed by atoms with E-state index >= 15 is 0 Å². The van der Waals surface area contributed by atoms with Crippen LogP contribution in [0.5, 0.6) is 0 Å². The molecule has 2 saturated heterocycles. The second-order valence-corrected chi connectivity index (χ2v) is 7.79. The van der Waals surface area contributed by atoms with Gasteiger partial charge in [0.1, 0.15) is 6.04 Å². The van der Waals surface area contributed by atoms with Crippen LogP contribution in [-0.4, -0.2) is 51.2 Å². The van der Waals surface area contributed by atoms with Crippen LogP contribution in [0.3, 0.4) is 0 Å². The van der Waals surface area contributed by atoms with E-state index in [1.807, 2.05) is 24.3 Å². The number of hydrogen-bond donors (Lipinski definition) is 0. The maximum atomic E-state index is 13.6. The van der Waals surface area contributed by atoms with Gasteiger partial charge < -0.3 is 0 Å². The number of rotatable bonds is 4. The first-order valence-corrected chi connectivity index (χ1v) is 9.99. The number of ketones is 1. The van der Waals surface area contributed by atoms with Gasteiger partial charge in [0.05, 0.1) is 29.0 Å². The molecule has 0 N–H and O–H groups in total. The lowest BCUT2D eigenvalue weighted by Crippen LogP contribution is -2.44. The van der Waals surface area contributed by atoms with Crippen molar-refractivity contribution >= 4 is 29.5 Å². The topological polar surface area (TPSA) is 113 Å². The number of non-ortho nitro benzene ring substituents is 1. The quantitative estimate of drug-likeness (QED) is 0.325. The highest BCUT2D eigenvalue weighted by atomic mass is 16.6. The Morgan fingerprint density at radius 3 is 2.58 bits per heavy atom. The number of amides is 2. The SMILES string of the molecule is CCN1C(=O)[C@@H]2[C@@H](C1=O)[C@@H]1c3ccccc3C=NN1[C@@H]2C(=O)c1cccc([N+](=O)[O-])c1. The highest BCUT2D eigenvalue weighted by Crippen LogP contribution is 2.52. The van der Waals surface area contributed by atoms with Gasteiger partial charge in [-0.05, 0) is 18.1 Å². The van der Waals surface area contributed by atoms with Gasteiger partial charge in [-0.3, -0.25) is 34.4 Å². The minimum Gasteiger partial charge on any atom is -0.292 e. The molecular formula is C22H18N4O5. The van der Waals surface area contributed by atoms with Crippen molar-refractivity contribution < 1.29 is 19.3 Å². The lowest BCUT2D eigenvalue weighted by molar-refractivity contribution is -0.384. The van der Waals surface area contributed by atoms with E-state index in [1.54, 1.807) is 18.1 Å². The third-order valence-corrected chi connectivity index (χ3v) is 6.31. The van der Waals surface area contributed by atoms with Crippen LogP contribution in [0.1, 0.15) is 34.5 Å². The van der Waals surface area contributed by atoms with E-state index in [0.717, 1.165) is 11.1 Å². The van der Waals surface area contributed by atoms with E-state index in [0.29, 0.717) is 0 Å². The average molecular weight is 418 g/mol. The Morgan fingerprint density at radius 2 is 1.84 bits per heavy atom. The van der Waals surface area contributed by atoms with Crippen molar-refractivity contribution in [2.75, 3.05) is 6.54 Å². The second kappa shape index (κ2) is 6.83. The molecule has 31 heavy (non-hydrogen) atoms. The Morgan fingerprint density at radius 1 is 1.10 bits per heavy atom. The monoisotopic (exact) mass is 418 g/mol. The number of Topliss-reactive ketones (excluding diaryl/α,β-unsaturated/α-hetero) is 1. The number of hydrazone groups is 1. The number of nitro groups is 1. The minimum atomic E-state index is -1.02. The number of imide groups is 1. The number of carbonyl (C=O) groups excluding carboxylic acids is 3. The van der Waals surface area contributed by atoms with Gasteiger partial charge in [0, 0.05) is 24.2 Å². The van der Waals surface area contributed by atoms with Crippen LogP contribution in [0.25, 0.3) is 0 Å². The highest BCUT2D eigenvalue weighted by Gasteiger charge is 2.64. The van der Waals surface area contributed by atoms with Crippen LogP contribution < -0.4 is 0 Å². The van der Waals surface area contributed by atoms with Gasteiger partial charge >= 0.3 is 0 Å². The molecule has 0 radical (unpaired) electrons. The molecule has 3 aliphatic heterocycles. The standard InChI is InChI=1S/C22H18N4O5/c1-2-24-21(28)16-17(22(24)29)19(20(27)12-7-5-8-14(10-12)26(30)31)25-18(16)15-9-4-3-6-13(15)11-23-25/h3-11,16-19H,2H2,1H3/t16-,17-,18+,19+/m1/s1. The molecule has 2 aromatic carbocycles. The van der Waals surface area contributed by atoms with Crippen molar-refractivity contribution in [3.05, 3.63) is 75.3 Å². The number of hydrogen-bond acceptors (Lipinski definition) is 7. The van der Waals surface area contributed by atoms with E-state index in [2.05, 4.69) is 5.10 Å². The summed E-state index contributed by atoms with van der Waals surface area (Å²) in [5.74, 6) is -2.81. The molecule has 156 valence electrons. The van der Waals surface area contributed by atoms with Gasteiger partial charge in [-0.25, -0.2) is 0 Å². The van der Waals surface area contributed by atoms with Crippen molar-refractivity contribution in [1.29, 1.82) is 0 Å². The molecule has 9 heteroatoms. The molecule has 2 aromatic rings. The number of likely N-dealkylation sites (tertiary alicyclic amines) is 1. The van der Waals surface area contributed by atoms with Crippen LogP contribution in [-0.2, 0) is 9.59 Å². The van der Waals surface area contributed by atoms with Gasteiger partial charge in [0.2, 0.25) is 11.8 Å². The van der Waals surface area contributed by atoms with Crippen LogP contribution in [0.15, 0.2) is 53.6 Å². The zero-order valence-corrected chi connectivity index (χ0v) is 16.5. The van der Waals surface area contributed by atoms with E-state index in [9.17, 15) is 24.5 Å². The normalized spacial score (nSPS) is 26.0. The molecule has 3 aliphatic rings. The number of carbonyl (C=O) groups is 3. The predicted molar refractivity (Wildman–Crippen MR) is 109 cm³/mol. The second-order valence-electron chi connectivity index (χ2n) is 7.79. The molecule has 3 heterocycles. The van der Waals surface area contributed by atoms with Crippen molar-refractivity contribution in [2.45, 2.75) is 19.0 Å². The zero-order valence-electron chi connectivity index (χ0n) is 16.5. The van der Waals surface area contributed by atoms with Crippen LogP contribution in [0.2, 0.25) is 0 Å². The van der Waals surface area contributed by atoms with Crippen molar-refractivity contribution in [1.82, 2.24) is 9.91 Å². The van der Waals surface area contributed by atoms with Gasteiger partial charge in [-0.1, -0.05) is 36.4 Å². The summed E-state index contributed by atoms with van der Waals surface area (Å²) in [5.41, 5.74) is 1.57. The highest BCUT2D eigenvalue weighted by molar-refractivity contribution is 6.12. The molecule has 0 spiro atoms. The summed E-state index contributed by atoms with van der Waals surface area (Å²) >= 11 is 0. The van der Waals surface area contributed by atoms with E-state index in [-0.39, 0.29) is 23.7 Å². The molecular weight excluding hydrogens is 400 g/mol.